The molecule has 2 unspecified atom stereocenters. The van der Waals surface area contributed by atoms with Crippen molar-refractivity contribution in [2.75, 3.05) is 12.4 Å². The molecule has 3 N–H and O–H groups in total. The number of nitrogens with one attached hydrogen (secondary N) is 1. The standard InChI is InChI=1S/C27H25ClF3N5O4S/c1-4-19(24(39)33-13-5-6-15(23(32)38)18(29)9-13)36-12-20(40-3)16(10-21(36)37)17-11-27(2,28)8-7-14(17)25-34-35-26(41-25)22(30)31/h5-10,12,19,22H,4,11H2,1-3H3,(H2,32,38)(H,33,39). The smallest absolute Gasteiger partial charge is 0.291 e. The molecule has 1 aliphatic rings. The van der Waals surface area contributed by atoms with Gasteiger partial charge >= 0.3 is 0 Å². The Bertz CT molecular complexity index is 1630. The number of pyridine rings is 1. The van der Waals surface area contributed by atoms with Crippen molar-refractivity contribution >= 4 is 51.6 Å². The lowest BCUT2D eigenvalue weighted by Gasteiger charge is -2.27. The van der Waals surface area contributed by atoms with Crippen molar-refractivity contribution < 1.29 is 27.5 Å². The molecule has 0 spiro atoms. The topological polar surface area (TPSA) is 129 Å². The summed E-state index contributed by atoms with van der Waals surface area (Å²) in [5.41, 5.74) is 5.66. The Balaban J connectivity index is 1.75. The molecule has 9 nitrogen and oxygen atoms in total. The van der Waals surface area contributed by atoms with Crippen LogP contribution in [-0.2, 0) is 4.79 Å². The summed E-state index contributed by atoms with van der Waals surface area (Å²) in [7, 11) is 1.39. The van der Waals surface area contributed by atoms with Crippen molar-refractivity contribution in [3.63, 3.8) is 0 Å². The predicted molar refractivity (Wildman–Crippen MR) is 150 cm³/mol. The second-order valence-corrected chi connectivity index (χ2v) is 11.3. The fourth-order valence-electron chi connectivity index (χ4n) is 4.43. The lowest BCUT2D eigenvalue weighted by atomic mass is 9.86. The van der Waals surface area contributed by atoms with Crippen LogP contribution in [0.1, 0.15) is 65.1 Å². The average Bonchev–Trinajstić information content (AvgIpc) is 3.39. The first-order valence-electron chi connectivity index (χ1n) is 12.3. The minimum absolute atomic E-state index is 0.0676. The maximum absolute atomic E-state index is 14.2. The number of halogens is 4. The number of rotatable bonds is 9. The van der Waals surface area contributed by atoms with Gasteiger partial charge in [-0.15, -0.1) is 21.8 Å². The number of allylic oxidation sites excluding steroid dienone is 4. The molecule has 2 amide bonds. The molecule has 0 fully saturated rings. The molecule has 2 heterocycles. The average molecular weight is 608 g/mol. The molecule has 4 rings (SSSR count). The number of alkyl halides is 3. The second-order valence-electron chi connectivity index (χ2n) is 9.40. The predicted octanol–water partition coefficient (Wildman–Crippen LogP) is 5.34. The monoisotopic (exact) mass is 607 g/mol. The van der Waals surface area contributed by atoms with Crippen LogP contribution in [-0.4, -0.2) is 38.6 Å². The Hall–Kier alpha value is -3.97. The van der Waals surface area contributed by atoms with E-state index >= 15 is 0 Å². The van der Waals surface area contributed by atoms with Crippen LogP contribution < -0.4 is 21.3 Å². The molecule has 1 aliphatic carbocycles. The number of hydrogen-bond acceptors (Lipinski definition) is 7. The number of carbonyl (C=O) groups excluding carboxylic acids is 2. The van der Waals surface area contributed by atoms with E-state index in [2.05, 4.69) is 15.5 Å². The van der Waals surface area contributed by atoms with Crippen molar-refractivity contribution in [2.24, 2.45) is 5.73 Å². The summed E-state index contributed by atoms with van der Waals surface area (Å²) in [5, 5.41) is 9.81. The number of benzene rings is 1. The Morgan fingerprint density at radius 2 is 2.02 bits per heavy atom. The zero-order valence-corrected chi connectivity index (χ0v) is 23.7. The summed E-state index contributed by atoms with van der Waals surface area (Å²) in [5.74, 6) is -2.24. The Kier molecular flexibility index (Phi) is 8.69. The Morgan fingerprint density at radius 1 is 1.29 bits per heavy atom. The molecule has 2 atom stereocenters. The van der Waals surface area contributed by atoms with E-state index in [1.54, 1.807) is 26.0 Å². The second kappa shape index (κ2) is 11.9. The van der Waals surface area contributed by atoms with E-state index in [4.69, 9.17) is 22.1 Å². The van der Waals surface area contributed by atoms with Gasteiger partial charge < -0.3 is 15.8 Å². The van der Waals surface area contributed by atoms with E-state index in [1.807, 2.05) is 0 Å². The largest absolute Gasteiger partial charge is 0.495 e. The number of aromatic nitrogens is 3. The third-order valence-electron chi connectivity index (χ3n) is 6.42. The molecule has 3 aromatic rings. The summed E-state index contributed by atoms with van der Waals surface area (Å²) >= 11 is 7.35. The summed E-state index contributed by atoms with van der Waals surface area (Å²) in [6, 6.07) is 3.69. The minimum atomic E-state index is -2.79. The van der Waals surface area contributed by atoms with Gasteiger partial charge in [0, 0.05) is 22.9 Å². The van der Waals surface area contributed by atoms with Gasteiger partial charge in [0.05, 0.1) is 23.7 Å². The number of carbonyl (C=O) groups is 2. The van der Waals surface area contributed by atoms with Gasteiger partial charge in [-0.2, -0.15) is 0 Å². The maximum Gasteiger partial charge on any atom is 0.291 e. The Morgan fingerprint density at radius 3 is 2.61 bits per heavy atom. The third-order valence-corrected chi connectivity index (χ3v) is 7.64. The summed E-state index contributed by atoms with van der Waals surface area (Å²) in [6.45, 7) is 3.45. The zero-order valence-electron chi connectivity index (χ0n) is 22.1. The highest BCUT2D eigenvalue weighted by atomic mass is 35.5. The fourth-order valence-corrected chi connectivity index (χ4v) is 5.38. The highest BCUT2D eigenvalue weighted by molar-refractivity contribution is 7.12. The van der Waals surface area contributed by atoms with Crippen molar-refractivity contribution in [1.29, 1.82) is 0 Å². The van der Waals surface area contributed by atoms with E-state index in [0.717, 1.165) is 23.5 Å². The zero-order chi connectivity index (χ0) is 30.1. The molecule has 41 heavy (non-hydrogen) atoms. The van der Waals surface area contributed by atoms with Gasteiger partial charge in [-0.1, -0.05) is 30.4 Å². The minimum Gasteiger partial charge on any atom is -0.495 e. The van der Waals surface area contributed by atoms with Crippen molar-refractivity contribution in [3.8, 4) is 5.75 Å². The first-order chi connectivity index (χ1) is 19.3. The van der Waals surface area contributed by atoms with Crippen LogP contribution in [0, 0.1) is 5.82 Å². The van der Waals surface area contributed by atoms with Crippen LogP contribution >= 0.6 is 22.9 Å². The molecule has 216 valence electrons. The van der Waals surface area contributed by atoms with Gasteiger partial charge in [-0.05, 0) is 43.5 Å². The van der Waals surface area contributed by atoms with Crippen LogP contribution in [0.5, 0.6) is 5.75 Å². The highest BCUT2D eigenvalue weighted by Gasteiger charge is 2.31. The molecule has 0 radical (unpaired) electrons. The number of hydrogen-bond donors (Lipinski definition) is 2. The number of anilines is 1. The van der Waals surface area contributed by atoms with Gasteiger partial charge in [-0.25, -0.2) is 13.2 Å². The summed E-state index contributed by atoms with van der Waals surface area (Å²) in [4.78, 5) is 37.0. The van der Waals surface area contributed by atoms with Gasteiger partial charge in [0.15, 0.2) is 5.01 Å². The van der Waals surface area contributed by atoms with E-state index in [9.17, 15) is 27.6 Å². The van der Waals surface area contributed by atoms with Crippen LogP contribution in [0.3, 0.4) is 0 Å². The van der Waals surface area contributed by atoms with Crippen LogP contribution in [0.15, 0.2) is 47.4 Å². The lowest BCUT2D eigenvalue weighted by molar-refractivity contribution is -0.119. The molecule has 0 saturated heterocycles. The first kappa shape index (κ1) is 30.0. The third kappa shape index (κ3) is 6.35. The summed E-state index contributed by atoms with van der Waals surface area (Å²) in [6.07, 6.45) is 2.35. The lowest BCUT2D eigenvalue weighted by Crippen LogP contribution is -2.33. The number of nitrogens with zero attached hydrogens (tertiary/aromatic N) is 3. The molecule has 2 aromatic heterocycles. The number of methoxy groups -OCH3 is 1. The van der Waals surface area contributed by atoms with Gasteiger partial charge in [0.1, 0.15) is 22.6 Å². The van der Waals surface area contributed by atoms with Gasteiger partial charge in [0.2, 0.25) is 5.91 Å². The van der Waals surface area contributed by atoms with E-state index < -0.39 is 45.5 Å². The van der Waals surface area contributed by atoms with Crippen molar-refractivity contribution in [1.82, 2.24) is 14.8 Å². The van der Waals surface area contributed by atoms with E-state index in [-0.39, 0.29) is 34.8 Å². The van der Waals surface area contributed by atoms with Gasteiger partial charge in [-0.3, -0.25) is 19.0 Å². The van der Waals surface area contributed by atoms with Crippen LogP contribution in [0.25, 0.3) is 11.1 Å². The van der Waals surface area contributed by atoms with Crippen LogP contribution in [0.2, 0.25) is 0 Å². The summed E-state index contributed by atoms with van der Waals surface area (Å²) < 4.78 is 47.4. The SMILES string of the molecule is CCC(C(=O)Nc1ccc(C(N)=O)c(F)c1)n1cc(OC)c(C2=C(c3nnc(C(F)F)s3)C=CC(C)(Cl)C2)cc1=O. The fraction of sp³-hybridized carbons (Fsp3) is 0.296. The molecule has 0 aliphatic heterocycles. The normalized spacial score (nSPS) is 17.6. The van der Waals surface area contributed by atoms with Crippen molar-refractivity contribution in [3.05, 3.63) is 79.9 Å². The van der Waals surface area contributed by atoms with Crippen LogP contribution in [0.4, 0.5) is 18.9 Å². The maximum atomic E-state index is 14.2. The molecule has 14 heteroatoms. The van der Waals surface area contributed by atoms with Gasteiger partial charge in [0.25, 0.3) is 17.9 Å². The Labute approximate surface area is 241 Å². The number of amides is 2. The molecule has 0 bridgehead atoms. The molecular formula is C27H25ClF3N5O4S. The van der Waals surface area contributed by atoms with E-state index in [1.165, 1.54) is 30.0 Å². The number of nitrogens with two attached hydrogens (primary N) is 1. The van der Waals surface area contributed by atoms with E-state index in [0.29, 0.717) is 16.7 Å². The number of ether oxygens (including phenoxy) is 1. The first-order valence-corrected chi connectivity index (χ1v) is 13.5. The molecule has 0 saturated carbocycles. The highest BCUT2D eigenvalue weighted by Crippen LogP contribution is 2.44. The molecule has 1 aromatic carbocycles. The van der Waals surface area contributed by atoms with Crippen molar-refractivity contribution in [2.45, 2.75) is 44.0 Å². The molecular weight excluding hydrogens is 583 g/mol. The quantitative estimate of drug-likeness (QED) is 0.316. The number of primary amides is 1.